The maximum atomic E-state index is 11.9. The van der Waals surface area contributed by atoms with E-state index in [-0.39, 0.29) is 35.8 Å². The zero-order chi connectivity index (χ0) is 16.7. The molecule has 24 heavy (non-hydrogen) atoms. The first-order valence-electron chi connectivity index (χ1n) is 8.51. The Kier molecular flexibility index (Phi) is 9.10. The molecule has 2 rings (SSSR count). The molecule has 1 aromatic rings. The lowest BCUT2D eigenvalue weighted by atomic mass is 9.90. The molecule has 1 aliphatic heterocycles. The van der Waals surface area contributed by atoms with Gasteiger partial charge in [0.25, 0.3) is 0 Å². The van der Waals surface area contributed by atoms with Gasteiger partial charge in [-0.05, 0) is 17.5 Å². The number of guanidine groups is 1. The molecule has 0 fully saturated rings. The van der Waals surface area contributed by atoms with Crippen LogP contribution in [0.15, 0.2) is 29.3 Å². The first kappa shape index (κ1) is 20.7. The minimum atomic E-state index is 0. The molecule has 0 aromatic heterocycles. The number of rotatable bonds is 6. The van der Waals surface area contributed by atoms with Crippen LogP contribution in [0.3, 0.4) is 0 Å². The molecular weight excluding hydrogens is 415 g/mol. The number of nitrogens with one attached hydrogen (secondary N) is 3. The highest BCUT2D eigenvalue weighted by Crippen LogP contribution is 2.31. The molecule has 0 saturated heterocycles. The summed E-state index contributed by atoms with van der Waals surface area (Å²) in [6, 6.07) is 8.01. The van der Waals surface area contributed by atoms with Crippen molar-refractivity contribution in [3.05, 3.63) is 29.8 Å². The SMILES string of the molecule is CCC(CC)CNC(=NC)NCC1CC(=O)Nc2ccccc21.I. The molecule has 1 aromatic carbocycles. The van der Waals surface area contributed by atoms with E-state index in [1.165, 1.54) is 5.56 Å². The Labute approximate surface area is 162 Å². The van der Waals surface area contributed by atoms with Gasteiger partial charge >= 0.3 is 0 Å². The number of hydrogen-bond donors (Lipinski definition) is 3. The van der Waals surface area contributed by atoms with E-state index in [4.69, 9.17) is 0 Å². The van der Waals surface area contributed by atoms with Gasteiger partial charge in [0.2, 0.25) is 5.91 Å². The van der Waals surface area contributed by atoms with Gasteiger partial charge < -0.3 is 16.0 Å². The number of anilines is 1. The average molecular weight is 444 g/mol. The van der Waals surface area contributed by atoms with Crippen LogP contribution in [0, 0.1) is 5.92 Å². The largest absolute Gasteiger partial charge is 0.356 e. The molecule has 134 valence electrons. The molecule has 0 saturated carbocycles. The number of hydrogen-bond acceptors (Lipinski definition) is 2. The van der Waals surface area contributed by atoms with Crippen LogP contribution in [-0.2, 0) is 4.79 Å². The topological polar surface area (TPSA) is 65.5 Å². The van der Waals surface area contributed by atoms with Crippen LogP contribution < -0.4 is 16.0 Å². The van der Waals surface area contributed by atoms with Gasteiger partial charge in [0.05, 0.1) is 0 Å². The highest BCUT2D eigenvalue weighted by Gasteiger charge is 2.24. The average Bonchev–Trinajstić information content (AvgIpc) is 2.58. The van der Waals surface area contributed by atoms with E-state index in [1.807, 2.05) is 18.2 Å². The van der Waals surface area contributed by atoms with Crippen LogP contribution in [0.4, 0.5) is 5.69 Å². The molecule has 5 nitrogen and oxygen atoms in total. The third-order valence-corrected chi connectivity index (χ3v) is 4.56. The Morgan fingerprint density at radius 2 is 2.00 bits per heavy atom. The molecule has 1 aliphatic rings. The fourth-order valence-electron chi connectivity index (χ4n) is 2.94. The van der Waals surface area contributed by atoms with Crippen LogP contribution in [-0.4, -0.2) is 32.0 Å². The lowest BCUT2D eigenvalue weighted by Crippen LogP contribution is -2.42. The third-order valence-electron chi connectivity index (χ3n) is 4.56. The summed E-state index contributed by atoms with van der Waals surface area (Å²) in [6.07, 6.45) is 2.83. The molecule has 0 spiro atoms. The Balaban J connectivity index is 0.00000288. The van der Waals surface area contributed by atoms with Crippen molar-refractivity contribution in [1.29, 1.82) is 0 Å². The Hall–Kier alpha value is -1.31. The molecule has 0 radical (unpaired) electrons. The van der Waals surface area contributed by atoms with E-state index >= 15 is 0 Å². The van der Waals surface area contributed by atoms with E-state index < -0.39 is 0 Å². The van der Waals surface area contributed by atoms with Crippen LogP contribution in [0.1, 0.15) is 44.6 Å². The number of fused-ring (bicyclic) bond motifs is 1. The third kappa shape index (κ3) is 5.65. The van der Waals surface area contributed by atoms with Crippen molar-refractivity contribution in [3.8, 4) is 0 Å². The number of amides is 1. The standard InChI is InChI=1S/C18H28N4O.HI/c1-4-13(5-2)11-20-18(19-3)21-12-14-10-17(23)22-16-9-7-6-8-15(14)16;/h6-9,13-14H,4-5,10-12H2,1-3H3,(H,22,23)(H2,19,20,21);1H. The maximum Gasteiger partial charge on any atom is 0.225 e. The van der Waals surface area contributed by atoms with Crippen LogP contribution >= 0.6 is 24.0 Å². The molecule has 1 amide bonds. The highest BCUT2D eigenvalue weighted by molar-refractivity contribution is 14.0. The van der Waals surface area contributed by atoms with Crippen molar-refractivity contribution in [2.75, 3.05) is 25.5 Å². The minimum absolute atomic E-state index is 0. The monoisotopic (exact) mass is 444 g/mol. The summed E-state index contributed by atoms with van der Waals surface area (Å²) in [5, 5.41) is 9.68. The molecule has 1 heterocycles. The first-order chi connectivity index (χ1) is 11.2. The van der Waals surface area contributed by atoms with Gasteiger partial charge in [-0.3, -0.25) is 9.79 Å². The van der Waals surface area contributed by atoms with E-state index in [0.29, 0.717) is 18.9 Å². The predicted octanol–water partition coefficient (Wildman–Crippen LogP) is 3.33. The molecule has 1 atom stereocenters. The Morgan fingerprint density at radius 3 is 2.67 bits per heavy atom. The number of nitrogens with zero attached hydrogens (tertiary/aromatic N) is 1. The van der Waals surface area contributed by atoms with Gasteiger partial charge in [0, 0.05) is 38.2 Å². The van der Waals surface area contributed by atoms with E-state index in [0.717, 1.165) is 31.0 Å². The fourth-order valence-corrected chi connectivity index (χ4v) is 2.94. The minimum Gasteiger partial charge on any atom is -0.356 e. The fraction of sp³-hybridized carbons (Fsp3) is 0.556. The van der Waals surface area contributed by atoms with Crippen LogP contribution in [0.5, 0.6) is 0 Å². The number of carbonyl (C=O) groups excluding carboxylic acids is 1. The second-order valence-electron chi connectivity index (χ2n) is 6.05. The quantitative estimate of drug-likeness (QED) is 0.358. The number of para-hydroxylation sites is 1. The normalized spacial score (nSPS) is 16.9. The van der Waals surface area contributed by atoms with Gasteiger partial charge in [0.15, 0.2) is 5.96 Å². The lowest BCUT2D eigenvalue weighted by Gasteiger charge is -2.26. The smallest absolute Gasteiger partial charge is 0.225 e. The van der Waals surface area contributed by atoms with Crippen molar-refractivity contribution in [1.82, 2.24) is 10.6 Å². The molecule has 0 aliphatic carbocycles. The second kappa shape index (κ2) is 10.5. The van der Waals surface area contributed by atoms with E-state index in [9.17, 15) is 4.79 Å². The zero-order valence-electron chi connectivity index (χ0n) is 14.8. The Morgan fingerprint density at radius 1 is 1.29 bits per heavy atom. The lowest BCUT2D eigenvalue weighted by molar-refractivity contribution is -0.116. The van der Waals surface area contributed by atoms with Crippen molar-refractivity contribution in [2.24, 2.45) is 10.9 Å². The summed E-state index contributed by atoms with van der Waals surface area (Å²) >= 11 is 0. The summed E-state index contributed by atoms with van der Waals surface area (Å²) in [4.78, 5) is 16.1. The summed E-state index contributed by atoms with van der Waals surface area (Å²) in [7, 11) is 1.78. The van der Waals surface area contributed by atoms with Crippen molar-refractivity contribution in [3.63, 3.8) is 0 Å². The highest BCUT2D eigenvalue weighted by atomic mass is 127. The van der Waals surface area contributed by atoms with Gasteiger partial charge in [-0.1, -0.05) is 44.9 Å². The Bertz CT molecular complexity index is 558. The number of aliphatic imine (C=N–C) groups is 1. The summed E-state index contributed by atoms with van der Waals surface area (Å²) < 4.78 is 0. The number of benzene rings is 1. The number of halogens is 1. The summed E-state index contributed by atoms with van der Waals surface area (Å²) in [5.74, 6) is 1.72. The molecule has 6 heteroatoms. The van der Waals surface area contributed by atoms with Gasteiger partial charge in [-0.15, -0.1) is 24.0 Å². The zero-order valence-corrected chi connectivity index (χ0v) is 17.1. The molecule has 3 N–H and O–H groups in total. The maximum absolute atomic E-state index is 11.9. The molecular formula is C18H29IN4O. The van der Waals surface area contributed by atoms with Gasteiger partial charge in [0.1, 0.15) is 0 Å². The second-order valence-corrected chi connectivity index (χ2v) is 6.05. The van der Waals surface area contributed by atoms with Crippen LogP contribution in [0.2, 0.25) is 0 Å². The van der Waals surface area contributed by atoms with Crippen molar-refractivity contribution in [2.45, 2.75) is 39.0 Å². The van der Waals surface area contributed by atoms with E-state index in [1.54, 1.807) is 7.05 Å². The number of carbonyl (C=O) groups is 1. The van der Waals surface area contributed by atoms with Crippen molar-refractivity contribution < 1.29 is 4.79 Å². The summed E-state index contributed by atoms with van der Waals surface area (Å²) in [5.41, 5.74) is 2.12. The molecule has 1 unspecified atom stereocenters. The summed E-state index contributed by atoms with van der Waals surface area (Å²) in [6.45, 7) is 6.05. The first-order valence-corrected chi connectivity index (χ1v) is 8.51. The van der Waals surface area contributed by atoms with E-state index in [2.05, 4.69) is 40.9 Å². The molecule has 0 bridgehead atoms. The van der Waals surface area contributed by atoms with Gasteiger partial charge in [-0.2, -0.15) is 0 Å². The predicted molar refractivity (Wildman–Crippen MR) is 111 cm³/mol. The van der Waals surface area contributed by atoms with Crippen LogP contribution in [0.25, 0.3) is 0 Å². The van der Waals surface area contributed by atoms with Crippen molar-refractivity contribution >= 4 is 41.5 Å². The van der Waals surface area contributed by atoms with Gasteiger partial charge in [-0.25, -0.2) is 0 Å².